The van der Waals surface area contributed by atoms with E-state index in [4.69, 9.17) is 10.5 Å². The van der Waals surface area contributed by atoms with E-state index in [2.05, 4.69) is 16.2 Å². The maximum Gasteiger partial charge on any atom is 0.312 e. The van der Waals surface area contributed by atoms with E-state index >= 15 is 0 Å². The molecular formula is C18H22N4O4. The van der Waals surface area contributed by atoms with Crippen LogP contribution in [0.25, 0.3) is 10.8 Å². The number of ether oxygens (including phenoxy) is 1. The lowest BCUT2D eigenvalue weighted by Crippen LogP contribution is -2.55. The maximum atomic E-state index is 12.0. The van der Waals surface area contributed by atoms with Crippen molar-refractivity contribution in [2.45, 2.75) is 19.9 Å². The number of rotatable bonds is 6. The second-order valence-electron chi connectivity index (χ2n) is 6.07. The van der Waals surface area contributed by atoms with Crippen LogP contribution in [-0.4, -0.2) is 30.5 Å². The zero-order valence-corrected chi connectivity index (χ0v) is 14.6. The molecular weight excluding hydrogens is 336 g/mol. The normalized spacial score (nSPS) is 11.7. The molecule has 0 heterocycles. The number of primary amides is 1. The van der Waals surface area contributed by atoms with Gasteiger partial charge in [-0.25, -0.2) is 4.79 Å². The summed E-state index contributed by atoms with van der Waals surface area (Å²) in [6.07, 6.45) is 0. The lowest BCUT2D eigenvalue weighted by molar-refractivity contribution is -0.131. The third kappa shape index (κ3) is 5.37. The number of benzene rings is 2. The molecule has 0 spiro atoms. The highest BCUT2D eigenvalue weighted by Gasteiger charge is 2.23. The van der Waals surface area contributed by atoms with Gasteiger partial charge in [0, 0.05) is 0 Å². The number of nitrogens with two attached hydrogens (primary N) is 1. The SMILES string of the molecule is CC(C)C(NC(N)=O)C(=O)NNC(=O)COc1ccc2ccccc2c1. The Morgan fingerprint density at radius 1 is 1.04 bits per heavy atom. The first-order valence-electron chi connectivity index (χ1n) is 8.13. The molecule has 1 atom stereocenters. The fraction of sp³-hybridized carbons (Fsp3) is 0.278. The number of nitrogens with one attached hydrogen (secondary N) is 3. The maximum absolute atomic E-state index is 12.0. The van der Waals surface area contributed by atoms with Crippen molar-refractivity contribution in [1.29, 1.82) is 0 Å². The standard InChI is InChI=1S/C18H22N4O4/c1-11(2)16(20-18(19)25)17(24)22-21-15(23)10-26-14-8-7-12-5-3-4-6-13(12)9-14/h3-9,11,16H,10H2,1-2H3,(H,21,23)(H,22,24)(H3,19,20,25). The van der Waals surface area contributed by atoms with Crippen LogP contribution >= 0.6 is 0 Å². The summed E-state index contributed by atoms with van der Waals surface area (Å²) in [7, 11) is 0. The second-order valence-corrected chi connectivity index (χ2v) is 6.07. The largest absolute Gasteiger partial charge is 0.484 e. The number of carbonyl (C=O) groups is 3. The Morgan fingerprint density at radius 3 is 2.38 bits per heavy atom. The molecule has 2 aromatic rings. The first-order valence-corrected chi connectivity index (χ1v) is 8.13. The summed E-state index contributed by atoms with van der Waals surface area (Å²) in [6, 6.07) is 11.6. The molecule has 2 rings (SSSR count). The summed E-state index contributed by atoms with van der Waals surface area (Å²) in [5, 5.41) is 4.39. The third-order valence-corrected chi connectivity index (χ3v) is 3.66. The van der Waals surface area contributed by atoms with E-state index in [9.17, 15) is 14.4 Å². The van der Waals surface area contributed by atoms with Crippen LogP contribution < -0.4 is 26.6 Å². The Hall–Kier alpha value is -3.29. The van der Waals surface area contributed by atoms with Crippen molar-refractivity contribution in [2.75, 3.05) is 6.61 Å². The number of amides is 4. The highest BCUT2D eigenvalue weighted by molar-refractivity contribution is 5.89. The van der Waals surface area contributed by atoms with E-state index in [0.717, 1.165) is 10.8 Å². The van der Waals surface area contributed by atoms with Gasteiger partial charge >= 0.3 is 6.03 Å². The van der Waals surface area contributed by atoms with Crippen molar-refractivity contribution in [3.8, 4) is 5.75 Å². The van der Waals surface area contributed by atoms with Crippen LogP contribution in [0.3, 0.4) is 0 Å². The van der Waals surface area contributed by atoms with Crippen LogP contribution in [0.2, 0.25) is 0 Å². The van der Waals surface area contributed by atoms with Crippen LogP contribution in [-0.2, 0) is 9.59 Å². The Bertz CT molecular complexity index is 807. The van der Waals surface area contributed by atoms with Crippen molar-refractivity contribution in [1.82, 2.24) is 16.2 Å². The molecule has 4 amide bonds. The number of urea groups is 1. The summed E-state index contributed by atoms with van der Waals surface area (Å²) in [5.74, 6) is -0.764. The van der Waals surface area contributed by atoms with Crippen molar-refractivity contribution in [3.05, 3.63) is 42.5 Å². The van der Waals surface area contributed by atoms with Crippen molar-refractivity contribution in [2.24, 2.45) is 11.7 Å². The average Bonchev–Trinajstić information content (AvgIpc) is 2.61. The van der Waals surface area contributed by atoms with Crippen LogP contribution in [0, 0.1) is 5.92 Å². The third-order valence-electron chi connectivity index (χ3n) is 3.66. The molecule has 0 radical (unpaired) electrons. The minimum atomic E-state index is -0.853. The van der Waals surface area contributed by atoms with Gasteiger partial charge in [-0.05, 0) is 28.8 Å². The first kappa shape index (κ1) is 19.0. The minimum Gasteiger partial charge on any atom is -0.484 e. The molecule has 2 aromatic carbocycles. The predicted octanol–water partition coefficient (Wildman–Crippen LogP) is 1.06. The van der Waals surface area contributed by atoms with Gasteiger partial charge < -0.3 is 15.8 Å². The fourth-order valence-electron chi connectivity index (χ4n) is 2.34. The molecule has 0 aliphatic heterocycles. The molecule has 8 nitrogen and oxygen atoms in total. The average molecular weight is 358 g/mol. The lowest BCUT2D eigenvalue weighted by Gasteiger charge is -2.20. The number of hydrogen-bond donors (Lipinski definition) is 4. The quantitative estimate of drug-likeness (QED) is 0.577. The summed E-state index contributed by atoms with van der Waals surface area (Å²) in [6.45, 7) is 3.21. The topological polar surface area (TPSA) is 123 Å². The summed E-state index contributed by atoms with van der Waals surface area (Å²) < 4.78 is 5.43. The van der Waals surface area contributed by atoms with Gasteiger partial charge in [-0.1, -0.05) is 44.2 Å². The van der Waals surface area contributed by atoms with E-state index in [0.29, 0.717) is 5.75 Å². The Kier molecular flexibility index (Phi) is 6.37. The van der Waals surface area contributed by atoms with Gasteiger partial charge in [-0.3, -0.25) is 20.4 Å². The first-order chi connectivity index (χ1) is 12.4. The van der Waals surface area contributed by atoms with Gasteiger partial charge in [0.25, 0.3) is 11.8 Å². The molecule has 0 aliphatic rings. The molecule has 138 valence electrons. The molecule has 0 bridgehead atoms. The van der Waals surface area contributed by atoms with Crippen LogP contribution in [0.5, 0.6) is 5.75 Å². The number of fused-ring (bicyclic) bond motifs is 1. The van der Waals surface area contributed by atoms with Gasteiger partial charge in [0.1, 0.15) is 11.8 Å². The Labute approximate surface area is 151 Å². The van der Waals surface area contributed by atoms with Crippen LogP contribution in [0.1, 0.15) is 13.8 Å². The fourth-order valence-corrected chi connectivity index (χ4v) is 2.34. The van der Waals surface area contributed by atoms with Crippen molar-refractivity contribution in [3.63, 3.8) is 0 Å². The smallest absolute Gasteiger partial charge is 0.312 e. The predicted molar refractivity (Wildman–Crippen MR) is 97.1 cm³/mol. The Morgan fingerprint density at radius 2 is 1.73 bits per heavy atom. The molecule has 26 heavy (non-hydrogen) atoms. The van der Waals surface area contributed by atoms with Crippen LogP contribution in [0.15, 0.2) is 42.5 Å². The van der Waals surface area contributed by atoms with E-state index in [1.807, 2.05) is 36.4 Å². The number of carbonyl (C=O) groups excluding carboxylic acids is 3. The Balaban J connectivity index is 1.84. The number of hydrogen-bond acceptors (Lipinski definition) is 4. The van der Waals surface area contributed by atoms with Gasteiger partial charge in [-0.15, -0.1) is 0 Å². The van der Waals surface area contributed by atoms with Gasteiger partial charge in [0.15, 0.2) is 6.61 Å². The molecule has 1 unspecified atom stereocenters. The van der Waals surface area contributed by atoms with Gasteiger partial charge in [0.05, 0.1) is 0 Å². The van der Waals surface area contributed by atoms with E-state index < -0.39 is 23.9 Å². The highest BCUT2D eigenvalue weighted by Crippen LogP contribution is 2.20. The summed E-state index contributed by atoms with van der Waals surface area (Å²) >= 11 is 0. The molecule has 0 saturated carbocycles. The molecule has 0 fully saturated rings. The van der Waals surface area contributed by atoms with Crippen LogP contribution in [0.4, 0.5) is 4.79 Å². The zero-order chi connectivity index (χ0) is 19.1. The second kappa shape index (κ2) is 8.70. The monoisotopic (exact) mass is 358 g/mol. The van der Waals surface area contributed by atoms with Crippen molar-refractivity contribution >= 4 is 28.6 Å². The van der Waals surface area contributed by atoms with Crippen molar-refractivity contribution < 1.29 is 19.1 Å². The molecule has 0 saturated heterocycles. The lowest BCUT2D eigenvalue weighted by atomic mass is 10.0. The minimum absolute atomic E-state index is 0.201. The molecule has 5 N–H and O–H groups in total. The van der Waals surface area contributed by atoms with Gasteiger partial charge in [-0.2, -0.15) is 0 Å². The molecule has 0 aromatic heterocycles. The molecule has 0 aliphatic carbocycles. The van der Waals surface area contributed by atoms with E-state index in [-0.39, 0.29) is 12.5 Å². The summed E-state index contributed by atoms with van der Waals surface area (Å²) in [5.41, 5.74) is 9.53. The van der Waals surface area contributed by atoms with E-state index in [1.54, 1.807) is 19.9 Å². The molecule has 8 heteroatoms. The zero-order valence-electron chi connectivity index (χ0n) is 14.6. The number of hydrazine groups is 1. The van der Waals surface area contributed by atoms with Gasteiger partial charge in [0.2, 0.25) is 0 Å². The van der Waals surface area contributed by atoms with E-state index in [1.165, 1.54) is 0 Å². The highest BCUT2D eigenvalue weighted by atomic mass is 16.5. The summed E-state index contributed by atoms with van der Waals surface area (Å²) in [4.78, 5) is 34.8.